The van der Waals surface area contributed by atoms with Crippen LogP contribution in [-0.2, 0) is 13.6 Å². The summed E-state index contributed by atoms with van der Waals surface area (Å²) in [4.78, 5) is 4.16. The van der Waals surface area contributed by atoms with Crippen molar-refractivity contribution < 1.29 is 0 Å². The molecular formula is C13H15N5. The Morgan fingerprint density at radius 1 is 1.39 bits per heavy atom. The van der Waals surface area contributed by atoms with Crippen molar-refractivity contribution >= 4 is 0 Å². The summed E-state index contributed by atoms with van der Waals surface area (Å²) in [7, 11) is 1.85. The van der Waals surface area contributed by atoms with Gasteiger partial charge in [-0.05, 0) is 24.6 Å². The van der Waals surface area contributed by atoms with Gasteiger partial charge >= 0.3 is 0 Å². The van der Waals surface area contributed by atoms with Gasteiger partial charge in [0.15, 0.2) is 5.82 Å². The molecule has 0 saturated carbocycles. The Hall–Kier alpha value is -2.19. The van der Waals surface area contributed by atoms with Gasteiger partial charge < -0.3 is 5.32 Å². The molecule has 1 heterocycles. The van der Waals surface area contributed by atoms with E-state index in [0.29, 0.717) is 12.1 Å². The first-order chi connectivity index (χ1) is 8.69. The van der Waals surface area contributed by atoms with Gasteiger partial charge in [0.1, 0.15) is 6.33 Å². The zero-order valence-corrected chi connectivity index (χ0v) is 10.5. The molecule has 0 radical (unpaired) electrons. The number of nitriles is 1. The predicted octanol–water partition coefficient (Wildman–Crippen LogP) is 1.54. The molecule has 0 fully saturated rings. The van der Waals surface area contributed by atoms with E-state index in [4.69, 9.17) is 5.26 Å². The van der Waals surface area contributed by atoms with Gasteiger partial charge in [-0.15, -0.1) is 0 Å². The van der Waals surface area contributed by atoms with Crippen LogP contribution in [0.3, 0.4) is 0 Å². The minimum atomic E-state index is 0.196. The molecule has 1 aromatic carbocycles. The van der Waals surface area contributed by atoms with Crippen LogP contribution < -0.4 is 5.32 Å². The van der Waals surface area contributed by atoms with E-state index in [-0.39, 0.29) is 6.04 Å². The van der Waals surface area contributed by atoms with E-state index in [1.54, 1.807) is 11.0 Å². The number of nitrogens with zero attached hydrogens (tertiary/aromatic N) is 4. The Balaban J connectivity index is 1.95. The topological polar surface area (TPSA) is 66.5 Å². The minimum Gasteiger partial charge on any atom is -0.303 e. The van der Waals surface area contributed by atoms with Crippen LogP contribution in [0.5, 0.6) is 0 Å². The fraction of sp³-hybridized carbons (Fsp3) is 0.308. The first-order valence-electron chi connectivity index (χ1n) is 5.77. The molecule has 0 aliphatic carbocycles. The van der Waals surface area contributed by atoms with Crippen molar-refractivity contribution in [2.24, 2.45) is 7.05 Å². The molecule has 2 rings (SSSR count). The highest BCUT2D eigenvalue weighted by molar-refractivity contribution is 5.32. The van der Waals surface area contributed by atoms with Crippen LogP contribution in [0.4, 0.5) is 0 Å². The lowest BCUT2D eigenvalue weighted by molar-refractivity contribution is 0.556. The Labute approximate surface area is 106 Å². The normalized spacial score (nSPS) is 12.1. The molecule has 0 aliphatic rings. The third kappa shape index (κ3) is 2.93. The van der Waals surface area contributed by atoms with E-state index in [9.17, 15) is 0 Å². The summed E-state index contributed by atoms with van der Waals surface area (Å²) in [5, 5.41) is 16.3. The van der Waals surface area contributed by atoms with Crippen molar-refractivity contribution in [1.82, 2.24) is 20.1 Å². The van der Waals surface area contributed by atoms with Gasteiger partial charge in [0.05, 0.1) is 18.2 Å². The maximum Gasteiger partial charge on any atom is 0.164 e. The fourth-order valence-corrected chi connectivity index (χ4v) is 1.67. The lowest BCUT2D eigenvalue weighted by atomic mass is 10.1. The molecule has 1 atom stereocenters. The summed E-state index contributed by atoms with van der Waals surface area (Å²) in [6.45, 7) is 2.70. The molecule has 0 bridgehead atoms. The zero-order chi connectivity index (χ0) is 13.0. The number of nitrogens with one attached hydrogen (secondary N) is 1. The second kappa shape index (κ2) is 5.43. The van der Waals surface area contributed by atoms with Crippen LogP contribution in [0, 0.1) is 11.3 Å². The van der Waals surface area contributed by atoms with E-state index >= 15 is 0 Å². The first kappa shape index (κ1) is 12.3. The van der Waals surface area contributed by atoms with Gasteiger partial charge in [-0.1, -0.05) is 12.1 Å². The third-order valence-electron chi connectivity index (χ3n) is 2.75. The second-order valence-corrected chi connectivity index (χ2v) is 4.17. The van der Waals surface area contributed by atoms with Gasteiger partial charge in [-0.2, -0.15) is 10.4 Å². The molecule has 92 valence electrons. The Morgan fingerprint density at radius 2 is 2.11 bits per heavy atom. The van der Waals surface area contributed by atoms with Gasteiger partial charge in [-0.3, -0.25) is 4.68 Å². The summed E-state index contributed by atoms with van der Waals surface area (Å²) in [5.41, 5.74) is 1.82. The van der Waals surface area contributed by atoms with Crippen molar-refractivity contribution in [3.63, 3.8) is 0 Å². The molecule has 1 aromatic heterocycles. The summed E-state index contributed by atoms with van der Waals surface area (Å²) >= 11 is 0. The second-order valence-electron chi connectivity index (χ2n) is 4.17. The SMILES string of the molecule is CC(NCc1ncn(C)n1)c1ccc(C#N)cc1. The highest BCUT2D eigenvalue weighted by Gasteiger charge is 2.06. The largest absolute Gasteiger partial charge is 0.303 e. The fourth-order valence-electron chi connectivity index (χ4n) is 1.67. The molecule has 18 heavy (non-hydrogen) atoms. The molecule has 0 amide bonds. The van der Waals surface area contributed by atoms with E-state index in [2.05, 4.69) is 28.4 Å². The van der Waals surface area contributed by atoms with Crippen molar-refractivity contribution in [2.45, 2.75) is 19.5 Å². The third-order valence-corrected chi connectivity index (χ3v) is 2.75. The molecule has 1 unspecified atom stereocenters. The highest BCUT2D eigenvalue weighted by Crippen LogP contribution is 2.13. The number of hydrogen-bond acceptors (Lipinski definition) is 4. The monoisotopic (exact) mass is 241 g/mol. The quantitative estimate of drug-likeness (QED) is 0.881. The number of benzene rings is 1. The van der Waals surface area contributed by atoms with Crippen molar-refractivity contribution in [1.29, 1.82) is 5.26 Å². The predicted molar refractivity (Wildman–Crippen MR) is 67.4 cm³/mol. The number of hydrogen-bond donors (Lipinski definition) is 1. The Kier molecular flexibility index (Phi) is 3.70. The van der Waals surface area contributed by atoms with Gasteiger partial charge in [-0.25, -0.2) is 4.98 Å². The van der Waals surface area contributed by atoms with Crippen LogP contribution >= 0.6 is 0 Å². The first-order valence-corrected chi connectivity index (χ1v) is 5.77. The average Bonchev–Trinajstić information content (AvgIpc) is 2.82. The Morgan fingerprint density at radius 3 is 2.67 bits per heavy atom. The molecule has 2 aromatic rings. The van der Waals surface area contributed by atoms with Crippen molar-refractivity contribution in [3.05, 3.63) is 47.5 Å². The highest BCUT2D eigenvalue weighted by atomic mass is 15.3. The molecule has 0 aliphatic heterocycles. The lowest BCUT2D eigenvalue weighted by Crippen LogP contribution is -2.19. The average molecular weight is 241 g/mol. The van der Waals surface area contributed by atoms with E-state index in [1.807, 2.05) is 31.3 Å². The minimum absolute atomic E-state index is 0.196. The van der Waals surface area contributed by atoms with E-state index < -0.39 is 0 Å². The van der Waals surface area contributed by atoms with Crippen molar-refractivity contribution in [2.75, 3.05) is 0 Å². The van der Waals surface area contributed by atoms with Crippen molar-refractivity contribution in [3.8, 4) is 6.07 Å². The van der Waals surface area contributed by atoms with Crippen LogP contribution in [0.15, 0.2) is 30.6 Å². The maximum absolute atomic E-state index is 8.74. The molecular weight excluding hydrogens is 226 g/mol. The van der Waals surface area contributed by atoms with Crippen LogP contribution in [0.25, 0.3) is 0 Å². The summed E-state index contributed by atoms with van der Waals surface area (Å²) < 4.78 is 1.68. The van der Waals surface area contributed by atoms with Crippen LogP contribution in [0.1, 0.15) is 29.9 Å². The summed E-state index contributed by atoms with van der Waals surface area (Å²) in [6, 6.07) is 9.88. The van der Waals surface area contributed by atoms with Crippen LogP contribution in [0.2, 0.25) is 0 Å². The maximum atomic E-state index is 8.74. The van der Waals surface area contributed by atoms with Gasteiger partial charge in [0.25, 0.3) is 0 Å². The molecule has 0 saturated heterocycles. The van der Waals surface area contributed by atoms with Gasteiger partial charge in [0, 0.05) is 13.1 Å². The number of aryl methyl sites for hydroxylation is 1. The van der Waals surface area contributed by atoms with Crippen LogP contribution in [-0.4, -0.2) is 14.8 Å². The summed E-state index contributed by atoms with van der Waals surface area (Å²) in [5.74, 6) is 0.776. The lowest BCUT2D eigenvalue weighted by Gasteiger charge is -2.12. The van der Waals surface area contributed by atoms with E-state index in [1.165, 1.54) is 0 Å². The standard InChI is InChI=1S/C13H15N5/c1-10(12-5-3-11(7-14)4-6-12)15-8-13-16-9-18(2)17-13/h3-6,9-10,15H,8H2,1-2H3. The molecule has 5 heteroatoms. The Bertz CT molecular complexity index is 550. The number of rotatable bonds is 4. The number of aromatic nitrogens is 3. The zero-order valence-electron chi connectivity index (χ0n) is 10.5. The summed E-state index contributed by atoms with van der Waals surface area (Å²) in [6.07, 6.45) is 1.68. The molecule has 5 nitrogen and oxygen atoms in total. The van der Waals surface area contributed by atoms with Gasteiger partial charge in [0.2, 0.25) is 0 Å². The van der Waals surface area contributed by atoms with E-state index in [0.717, 1.165) is 11.4 Å². The smallest absolute Gasteiger partial charge is 0.164 e. The molecule has 0 spiro atoms. The molecule has 1 N–H and O–H groups in total.